The van der Waals surface area contributed by atoms with Gasteiger partial charge in [-0.15, -0.1) is 0 Å². The highest BCUT2D eigenvalue weighted by atomic mass is 16.4. The SMILES string of the molecule is Cc1c(C#N)c(=O)oc2cc(N(C)C)ccc12. The third kappa shape index (κ3) is 1.76. The Morgan fingerprint density at radius 3 is 2.65 bits per heavy atom. The summed E-state index contributed by atoms with van der Waals surface area (Å²) in [5, 5.41) is 9.68. The minimum atomic E-state index is -0.576. The molecule has 0 atom stereocenters. The summed E-state index contributed by atoms with van der Waals surface area (Å²) in [5.74, 6) is 0. The summed E-state index contributed by atoms with van der Waals surface area (Å²) in [6, 6.07) is 7.46. The van der Waals surface area contributed by atoms with Crippen LogP contribution >= 0.6 is 0 Å². The molecule has 17 heavy (non-hydrogen) atoms. The van der Waals surface area contributed by atoms with Gasteiger partial charge in [0, 0.05) is 31.2 Å². The van der Waals surface area contributed by atoms with Crippen molar-refractivity contribution in [1.29, 1.82) is 5.26 Å². The predicted octanol–water partition coefficient (Wildman–Crippen LogP) is 2.04. The quantitative estimate of drug-likeness (QED) is 0.701. The Bertz CT molecular complexity index is 678. The molecular weight excluding hydrogens is 216 g/mol. The van der Waals surface area contributed by atoms with E-state index < -0.39 is 5.63 Å². The summed E-state index contributed by atoms with van der Waals surface area (Å²) in [7, 11) is 3.82. The molecule has 0 aliphatic heterocycles. The van der Waals surface area contributed by atoms with Crippen LogP contribution in [0.25, 0.3) is 11.0 Å². The van der Waals surface area contributed by atoms with Gasteiger partial charge < -0.3 is 9.32 Å². The van der Waals surface area contributed by atoms with E-state index in [9.17, 15) is 4.79 Å². The number of aryl methyl sites for hydroxylation is 1. The lowest BCUT2D eigenvalue weighted by atomic mass is 10.1. The summed E-state index contributed by atoms with van der Waals surface area (Å²) in [6.07, 6.45) is 0. The van der Waals surface area contributed by atoms with E-state index >= 15 is 0 Å². The second-order valence-corrected chi connectivity index (χ2v) is 4.08. The van der Waals surface area contributed by atoms with Gasteiger partial charge in [0.05, 0.1) is 0 Å². The van der Waals surface area contributed by atoms with Crippen molar-refractivity contribution in [2.45, 2.75) is 6.92 Å². The topological polar surface area (TPSA) is 57.2 Å². The summed E-state index contributed by atoms with van der Waals surface area (Å²) in [5.41, 5.74) is 1.63. The van der Waals surface area contributed by atoms with E-state index in [2.05, 4.69) is 0 Å². The molecule has 0 fully saturated rings. The average Bonchev–Trinajstić information content (AvgIpc) is 2.28. The zero-order valence-electron chi connectivity index (χ0n) is 9.94. The molecule has 1 aromatic carbocycles. The number of benzene rings is 1. The maximum Gasteiger partial charge on any atom is 0.354 e. The van der Waals surface area contributed by atoms with Crippen molar-refractivity contribution in [1.82, 2.24) is 0 Å². The second-order valence-electron chi connectivity index (χ2n) is 4.08. The lowest BCUT2D eigenvalue weighted by molar-refractivity contribution is 0.557. The normalized spacial score (nSPS) is 10.2. The maximum atomic E-state index is 11.6. The van der Waals surface area contributed by atoms with Crippen LogP contribution in [0.4, 0.5) is 5.69 Å². The fourth-order valence-corrected chi connectivity index (χ4v) is 1.75. The van der Waals surface area contributed by atoms with Gasteiger partial charge in [0.25, 0.3) is 0 Å². The molecule has 0 unspecified atom stereocenters. The van der Waals surface area contributed by atoms with E-state index in [4.69, 9.17) is 9.68 Å². The van der Waals surface area contributed by atoms with Crippen LogP contribution in [0.1, 0.15) is 11.1 Å². The fraction of sp³-hybridized carbons (Fsp3) is 0.231. The highest BCUT2D eigenvalue weighted by Gasteiger charge is 2.11. The van der Waals surface area contributed by atoms with Gasteiger partial charge in [-0.25, -0.2) is 4.79 Å². The van der Waals surface area contributed by atoms with Crippen molar-refractivity contribution in [2.24, 2.45) is 0 Å². The Hall–Kier alpha value is -2.28. The predicted molar refractivity (Wildman–Crippen MR) is 66.3 cm³/mol. The number of hydrogen-bond donors (Lipinski definition) is 0. The van der Waals surface area contributed by atoms with E-state index in [0.29, 0.717) is 11.1 Å². The Balaban J connectivity index is 2.84. The smallest absolute Gasteiger partial charge is 0.354 e. The first-order chi connectivity index (χ1) is 8.04. The minimum Gasteiger partial charge on any atom is -0.422 e. The Kier molecular flexibility index (Phi) is 2.60. The zero-order valence-corrected chi connectivity index (χ0v) is 9.94. The number of nitriles is 1. The molecule has 4 nitrogen and oxygen atoms in total. The van der Waals surface area contributed by atoms with Crippen LogP contribution in [0.15, 0.2) is 27.4 Å². The van der Waals surface area contributed by atoms with Gasteiger partial charge in [-0.3, -0.25) is 0 Å². The molecule has 0 bridgehead atoms. The molecule has 0 saturated carbocycles. The molecule has 2 rings (SSSR count). The molecule has 0 saturated heterocycles. The van der Waals surface area contributed by atoms with Crippen molar-refractivity contribution in [3.05, 3.63) is 39.7 Å². The zero-order chi connectivity index (χ0) is 12.6. The molecule has 0 aliphatic carbocycles. The van der Waals surface area contributed by atoms with Gasteiger partial charge in [-0.2, -0.15) is 5.26 Å². The van der Waals surface area contributed by atoms with E-state index in [-0.39, 0.29) is 5.56 Å². The lowest BCUT2D eigenvalue weighted by Crippen LogP contribution is -2.10. The van der Waals surface area contributed by atoms with Gasteiger partial charge in [-0.05, 0) is 24.6 Å². The lowest BCUT2D eigenvalue weighted by Gasteiger charge is -2.13. The number of nitrogens with zero attached hydrogens (tertiary/aromatic N) is 2. The monoisotopic (exact) mass is 228 g/mol. The van der Waals surface area contributed by atoms with Crippen LogP contribution in [-0.2, 0) is 0 Å². The molecule has 2 aromatic rings. The number of hydrogen-bond acceptors (Lipinski definition) is 4. The highest BCUT2D eigenvalue weighted by Crippen LogP contribution is 2.23. The van der Waals surface area contributed by atoms with Crippen molar-refractivity contribution in [3.8, 4) is 6.07 Å². The Morgan fingerprint density at radius 1 is 1.35 bits per heavy atom. The molecule has 0 N–H and O–H groups in total. The molecule has 1 heterocycles. The van der Waals surface area contributed by atoms with Crippen LogP contribution in [0.3, 0.4) is 0 Å². The van der Waals surface area contributed by atoms with Crippen LogP contribution in [0, 0.1) is 18.3 Å². The summed E-state index contributed by atoms with van der Waals surface area (Å²) < 4.78 is 5.15. The number of fused-ring (bicyclic) bond motifs is 1. The number of rotatable bonds is 1. The van der Waals surface area contributed by atoms with Gasteiger partial charge >= 0.3 is 5.63 Å². The molecular formula is C13H12N2O2. The van der Waals surface area contributed by atoms with Crippen molar-refractivity contribution in [2.75, 3.05) is 19.0 Å². The molecule has 0 spiro atoms. The first-order valence-corrected chi connectivity index (χ1v) is 5.19. The molecule has 0 radical (unpaired) electrons. The van der Waals surface area contributed by atoms with Gasteiger partial charge in [0.1, 0.15) is 17.2 Å². The van der Waals surface area contributed by atoms with Crippen LogP contribution in [0.2, 0.25) is 0 Å². The summed E-state index contributed by atoms with van der Waals surface area (Å²) in [6.45, 7) is 1.76. The van der Waals surface area contributed by atoms with Crippen LogP contribution in [0.5, 0.6) is 0 Å². The van der Waals surface area contributed by atoms with Crippen molar-refractivity contribution >= 4 is 16.7 Å². The van der Waals surface area contributed by atoms with E-state index in [1.807, 2.05) is 37.2 Å². The third-order valence-electron chi connectivity index (χ3n) is 2.78. The highest BCUT2D eigenvalue weighted by molar-refractivity contribution is 5.84. The largest absolute Gasteiger partial charge is 0.422 e. The van der Waals surface area contributed by atoms with Crippen molar-refractivity contribution < 1.29 is 4.42 Å². The molecule has 1 aromatic heterocycles. The maximum absolute atomic E-state index is 11.6. The summed E-state index contributed by atoms with van der Waals surface area (Å²) >= 11 is 0. The van der Waals surface area contributed by atoms with Crippen LogP contribution < -0.4 is 10.5 Å². The van der Waals surface area contributed by atoms with Crippen molar-refractivity contribution in [3.63, 3.8) is 0 Å². The summed E-state index contributed by atoms with van der Waals surface area (Å²) in [4.78, 5) is 13.5. The third-order valence-corrected chi connectivity index (χ3v) is 2.78. The Morgan fingerprint density at radius 2 is 2.06 bits per heavy atom. The minimum absolute atomic E-state index is 0.0788. The average molecular weight is 228 g/mol. The van der Waals surface area contributed by atoms with Gasteiger partial charge in [0.15, 0.2) is 0 Å². The first kappa shape index (κ1) is 11.2. The standard InChI is InChI=1S/C13H12N2O2/c1-8-10-5-4-9(15(2)3)6-12(10)17-13(16)11(8)7-14/h4-6H,1-3H3. The first-order valence-electron chi connectivity index (χ1n) is 5.19. The van der Waals surface area contributed by atoms with E-state index in [1.165, 1.54) is 0 Å². The molecule has 4 heteroatoms. The van der Waals surface area contributed by atoms with E-state index in [0.717, 1.165) is 11.1 Å². The fourth-order valence-electron chi connectivity index (χ4n) is 1.75. The van der Waals surface area contributed by atoms with Gasteiger partial charge in [0.2, 0.25) is 0 Å². The molecule has 0 amide bonds. The molecule has 86 valence electrons. The molecule has 0 aliphatic rings. The van der Waals surface area contributed by atoms with Gasteiger partial charge in [-0.1, -0.05) is 0 Å². The second kappa shape index (κ2) is 3.95. The van der Waals surface area contributed by atoms with Crippen LogP contribution in [-0.4, -0.2) is 14.1 Å². The number of anilines is 1. The van der Waals surface area contributed by atoms with E-state index in [1.54, 1.807) is 13.0 Å². The Labute approximate surface area is 98.7 Å².